The summed E-state index contributed by atoms with van der Waals surface area (Å²) in [4.78, 5) is 17.9. The first-order chi connectivity index (χ1) is 8.95. The van der Waals surface area contributed by atoms with Crippen molar-refractivity contribution >= 4 is 5.91 Å². The number of nitrogens with one attached hydrogen (secondary N) is 1. The molecule has 0 aliphatic rings. The molecule has 19 heavy (non-hydrogen) atoms. The Morgan fingerprint density at radius 1 is 1.42 bits per heavy atom. The predicted molar refractivity (Wildman–Crippen MR) is 69.3 cm³/mol. The Hall–Kier alpha value is -2.18. The van der Waals surface area contributed by atoms with E-state index >= 15 is 0 Å². The van der Waals surface area contributed by atoms with Crippen molar-refractivity contribution < 1.29 is 4.79 Å². The summed E-state index contributed by atoms with van der Waals surface area (Å²) in [7, 11) is 1.74. The van der Waals surface area contributed by atoms with E-state index in [0.29, 0.717) is 12.4 Å². The Morgan fingerprint density at radius 2 is 2.16 bits per heavy atom. The third-order valence-corrected chi connectivity index (χ3v) is 2.84. The largest absolute Gasteiger partial charge is 0.337 e. The monoisotopic (exact) mass is 262 g/mol. The van der Waals surface area contributed by atoms with Crippen LogP contribution >= 0.6 is 0 Å². The number of amides is 1. The van der Waals surface area contributed by atoms with Crippen LogP contribution in [-0.2, 0) is 17.9 Å². The maximum atomic E-state index is 12.1. The quantitative estimate of drug-likeness (QED) is 0.874. The molecule has 7 heteroatoms. The predicted octanol–water partition coefficient (Wildman–Crippen LogP) is 0.585. The van der Waals surface area contributed by atoms with Crippen molar-refractivity contribution in [2.75, 3.05) is 7.05 Å². The van der Waals surface area contributed by atoms with Crippen molar-refractivity contribution in [3.63, 3.8) is 0 Å². The van der Waals surface area contributed by atoms with Crippen molar-refractivity contribution in [2.24, 2.45) is 0 Å². The smallest absolute Gasteiger partial charge is 0.244 e. The summed E-state index contributed by atoms with van der Waals surface area (Å²) < 4.78 is 1.71. The molecule has 2 aromatic rings. The highest BCUT2D eigenvalue weighted by Crippen LogP contribution is 2.04. The zero-order valence-electron chi connectivity index (χ0n) is 11.6. The highest BCUT2D eigenvalue weighted by atomic mass is 16.2. The Bertz CT molecular complexity index is 585. The molecule has 0 saturated carbocycles. The van der Waals surface area contributed by atoms with Gasteiger partial charge in [-0.2, -0.15) is 10.2 Å². The van der Waals surface area contributed by atoms with Crippen LogP contribution in [0.3, 0.4) is 0 Å². The molecule has 7 nitrogen and oxygen atoms in total. The molecule has 0 bridgehead atoms. The molecule has 0 aromatic carbocycles. The Morgan fingerprint density at radius 3 is 2.68 bits per heavy atom. The summed E-state index contributed by atoms with van der Waals surface area (Å²) in [6.45, 7) is 6.30. The van der Waals surface area contributed by atoms with Gasteiger partial charge in [-0.05, 0) is 26.8 Å². The average Bonchev–Trinajstić information content (AvgIpc) is 2.85. The molecule has 1 N–H and O–H groups in total. The summed E-state index contributed by atoms with van der Waals surface area (Å²) in [5, 5.41) is 11.0. The lowest BCUT2D eigenvalue weighted by Gasteiger charge is -2.15. The fourth-order valence-electron chi connectivity index (χ4n) is 1.84. The van der Waals surface area contributed by atoms with Gasteiger partial charge >= 0.3 is 0 Å². The zero-order chi connectivity index (χ0) is 14.0. The van der Waals surface area contributed by atoms with E-state index in [0.717, 1.165) is 17.2 Å². The van der Waals surface area contributed by atoms with E-state index in [1.165, 1.54) is 0 Å². The maximum absolute atomic E-state index is 12.1. The minimum Gasteiger partial charge on any atom is -0.337 e. The second-order valence-corrected chi connectivity index (χ2v) is 4.67. The molecule has 0 fully saturated rings. The first-order valence-electron chi connectivity index (χ1n) is 6.08. The van der Waals surface area contributed by atoms with E-state index in [9.17, 15) is 4.79 Å². The van der Waals surface area contributed by atoms with Crippen LogP contribution in [0.4, 0.5) is 0 Å². The highest BCUT2D eigenvalue weighted by Gasteiger charge is 2.14. The number of aryl methyl sites for hydroxylation is 3. The lowest BCUT2D eigenvalue weighted by Crippen LogP contribution is -2.30. The van der Waals surface area contributed by atoms with Gasteiger partial charge in [0.15, 0.2) is 5.82 Å². The standard InChI is InChI=1S/C12H18N6O/c1-8-5-9(2)18(16-8)7-12(19)17(4)6-11-13-10(3)14-15-11/h5H,6-7H2,1-4H3,(H,13,14,15). The molecule has 1 amide bonds. The van der Waals surface area contributed by atoms with Crippen LogP contribution in [0.25, 0.3) is 0 Å². The van der Waals surface area contributed by atoms with Gasteiger partial charge in [0.2, 0.25) is 5.91 Å². The number of rotatable bonds is 4. The average molecular weight is 262 g/mol. The number of aromatic amines is 1. The molecule has 0 unspecified atom stereocenters. The number of aromatic nitrogens is 5. The van der Waals surface area contributed by atoms with E-state index in [-0.39, 0.29) is 12.5 Å². The fraction of sp³-hybridized carbons (Fsp3) is 0.500. The van der Waals surface area contributed by atoms with Crippen LogP contribution < -0.4 is 0 Å². The number of carbonyl (C=O) groups is 1. The van der Waals surface area contributed by atoms with E-state index in [1.54, 1.807) is 16.6 Å². The zero-order valence-corrected chi connectivity index (χ0v) is 11.6. The molecular formula is C12H18N6O. The van der Waals surface area contributed by atoms with E-state index < -0.39 is 0 Å². The summed E-state index contributed by atoms with van der Waals surface area (Å²) >= 11 is 0. The molecule has 102 valence electrons. The minimum absolute atomic E-state index is 0.0198. The molecule has 0 spiro atoms. The molecule has 0 atom stereocenters. The van der Waals surface area contributed by atoms with Gasteiger partial charge in [0, 0.05) is 12.7 Å². The van der Waals surface area contributed by atoms with Crippen molar-refractivity contribution in [1.82, 2.24) is 29.9 Å². The third kappa shape index (κ3) is 3.18. The van der Waals surface area contributed by atoms with Crippen molar-refractivity contribution in [2.45, 2.75) is 33.9 Å². The van der Waals surface area contributed by atoms with Gasteiger partial charge in [0.1, 0.15) is 12.4 Å². The molecule has 0 aliphatic heterocycles. The van der Waals surface area contributed by atoms with Gasteiger partial charge in [-0.3, -0.25) is 14.6 Å². The first kappa shape index (κ1) is 13.3. The first-order valence-corrected chi connectivity index (χ1v) is 6.08. The number of likely N-dealkylation sites (N-methyl/N-ethyl adjacent to an activating group) is 1. The van der Waals surface area contributed by atoms with Crippen molar-refractivity contribution in [3.05, 3.63) is 29.1 Å². The normalized spacial score (nSPS) is 10.7. The van der Waals surface area contributed by atoms with Crippen LogP contribution in [0, 0.1) is 20.8 Å². The molecule has 2 heterocycles. The topological polar surface area (TPSA) is 79.7 Å². The highest BCUT2D eigenvalue weighted by molar-refractivity contribution is 5.75. The van der Waals surface area contributed by atoms with E-state index in [4.69, 9.17) is 0 Å². The second kappa shape index (κ2) is 5.21. The Balaban J connectivity index is 1.97. The molecule has 0 saturated heterocycles. The molecule has 0 aliphatic carbocycles. The Labute approximate surface area is 111 Å². The maximum Gasteiger partial charge on any atom is 0.244 e. The van der Waals surface area contributed by atoms with Gasteiger partial charge < -0.3 is 4.90 Å². The van der Waals surface area contributed by atoms with E-state index in [2.05, 4.69) is 20.3 Å². The van der Waals surface area contributed by atoms with Gasteiger partial charge in [-0.1, -0.05) is 0 Å². The summed E-state index contributed by atoms with van der Waals surface area (Å²) in [5.41, 5.74) is 1.89. The minimum atomic E-state index is -0.0198. The number of hydrogen-bond acceptors (Lipinski definition) is 4. The van der Waals surface area contributed by atoms with Gasteiger partial charge in [0.05, 0.1) is 12.2 Å². The SMILES string of the molecule is Cc1cc(C)n(CC(=O)N(C)Cc2n[nH]c(C)n2)n1. The number of H-pyrrole nitrogens is 1. The lowest BCUT2D eigenvalue weighted by molar-refractivity contribution is -0.131. The third-order valence-electron chi connectivity index (χ3n) is 2.84. The van der Waals surface area contributed by atoms with Crippen LogP contribution in [0.1, 0.15) is 23.0 Å². The van der Waals surface area contributed by atoms with Crippen molar-refractivity contribution in [3.8, 4) is 0 Å². The van der Waals surface area contributed by atoms with Crippen molar-refractivity contribution in [1.29, 1.82) is 0 Å². The summed E-state index contributed by atoms with van der Waals surface area (Å²) in [6.07, 6.45) is 0. The number of carbonyl (C=O) groups excluding carboxylic acids is 1. The fourth-order valence-corrected chi connectivity index (χ4v) is 1.84. The van der Waals surface area contributed by atoms with Crippen LogP contribution in [-0.4, -0.2) is 42.8 Å². The van der Waals surface area contributed by atoms with Gasteiger partial charge in [-0.25, -0.2) is 4.98 Å². The van der Waals surface area contributed by atoms with Crippen LogP contribution in [0.5, 0.6) is 0 Å². The van der Waals surface area contributed by atoms with Gasteiger partial charge in [0.25, 0.3) is 0 Å². The number of nitrogens with zero attached hydrogens (tertiary/aromatic N) is 5. The summed E-state index contributed by atoms with van der Waals surface area (Å²) in [5.74, 6) is 1.34. The summed E-state index contributed by atoms with van der Waals surface area (Å²) in [6, 6.07) is 1.95. The molecular weight excluding hydrogens is 244 g/mol. The molecule has 2 aromatic heterocycles. The Kier molecular flexibility index (Phi) is 3.64. The lowest BCUT2D eigenvalue weighted by atomic mass is 10.4. The van der Waals surface area contributed by atoms with E-state index in [1.807, 2.05) is 26.8 Å². The van der Waals surface area contributed by atoms with Crippen LogP contribution in [0.15, 0.2) is 6.07 Å². The number of hydrogen-bond donors (Lipinski definition) is 1. The second-order valence-electron chi connectivity index (χ2n) is 4.67. The van der Waals surface area contributed by atoms with Gasteiger partial charge in [-0.15, -0.1) is 0 Å². The van der Waals surface area contributed by atoms with Crippen LogP contribution in [0.2, 0.25) is 0 Å². The molecule has 0 radical (unpaired) electrons. The molecule has 2 rings (SSSR count).